The van der Waals surface area contributed by atoms with Gasteiger partial charge in [0.05, 0.1) is 10.5 Å². The lowest BCUT2D eigenvalue weighted by molar-refractivity contribution is -0.115. The number of benzene rings is 1. The summed E-state index contributed by atoms with van der Waals surface area (Å²) in [6.07, 6.45) is 2.58. The lowest BCUT2D eigenvalue weighted by Gasteiger charge is -2.11. The van der Waals surface area contributed by atoms with E-state index in [1.165, 1.54) is 5.56 Å². The summed E-state index contributed by atoms with van der Waals surface area (Å²) in [6, 6.07) is 10.2. The average molecular weight is 493 g/mol. The molecule has 3 aromatic rings. The van der Waals surface area contributed by atoms with Crippen LogP contribution in [0.3, 0.4) is 0 Å². The minimum Gasteiger partial charge on any atom is -0.354 e. The van der Waals surface area contributed by atoms with Crippen molar-refractivity contribution >= 4 is 54.4 Å². The maximum absolute atomic E-state index is 12.3. The number of fused-ring (bicyclic) bond motifs is 1. The highest BCUT2D eigenvalue weighted by atomic mass is 79.9. The van der Waals surface area contributed by atoms with Gasteiger partial charge in [-0.15, -0.1) is 0 Å². The number of aromatic nitrogens is 2. The van der Waals surface area contributed by atoms with Crippen molar-refractivity contribution in [3.63, 3.8) is 0 Å². The van der Waals surface area contributed by atoms with Gasteiger partial charge in [-0.2, -0.15) is 0 Å². The van der Waals surface area contributed by atoms with Crippen LogP contribution in [0.4, 0.5) is 5.69 Å². The number of aryl methyl sites for hydroxylation is 1. The van der Waals surface area contributed by atoms with Crippen LogP contribution in [-0.2, 0) is 4.79 Å². The van der Waals surface area contributed by atoms with Crippen LogP contribution < -0.4 is 5.32 Å². The van der Waals surface area contributed by atoms with E-state index < -0.39 is 0 Å². The zero-order valence-electron chi connectivity index (χ0n) is 15.6. The second kappa shape index (κ2) is 8.57. The van der Waals surface area contributed by atoms with Crippen LogP contribution in [-0.4, -0.2) is 26.0 Å². The maximum atomic E-state index is 12.3. The van der Waals surface area contributed by atoms with E-state index in [1.54, 1.807) is 0 Å². The second-order valence-electron chi connectivity index (χ2n) is 6.95. The molecule has 0 aliphatic heterocycles. The summed E-state index contributed by atoms with van der Waals surface area (Å²) in [7, 11) is 0. The molecule has 2 N–H and O–H groups in total. The number of anilines is 1. The molecule has 1 atom stereocenters. The number of amides is 1. The number of hydrogen-bond acceptors (Lipinski definition) is 2. The topological polar surface area (TPSA) is 57.8 Å². The third-order valence-corrected chi connectivity index (χ3v) is 5.85. The molecule has 2 aromatic heterocycles. The highest BCUT2D eigenvalue weighted by Gasteiger charge is 2.18. The molecule has 4 nitrogen and oxygen atoms in total. The fourth-order valence-corrected chi connectivity index (χ4v) is 4.68. The van der Waals surface area contributed by atoms with Crippen molar-refractivity contribution < 1.29 is 4.79 Å². The van der Waals surface area contributed by atoms with Crippen molar-refractivity contribution in [1.29, 1.82) is 0 Å². The van der Waals surface area contributed by atoms with E-state index in [2.05, 4.69) is 73.1 Å². The number of nitrogens with one attached hydrogen (secondary N) is 2. The molecule has 142 valence electrons. The molecule has 27 heavy (non-hydrogen) atoms. The Hall–Kier alpha value is -1.66. The van der Waals surface area contributed by atoms with E-state index in [4.69, 9.17) is 0 Å². The number of alkyl halides is 2. The summed E-state index contributed by atoms with van der Waals surface area (Å²) < 4.78 is 0. The standard InChI is InChI=1S/C21H23Br2N3O/c1-12(2)19-16-11-15(25-21(27)17(23)6-8-22)4-5-18(16)26-20(19)14-7-9-24-13(3)10-14/h4-5,7,9-12,17,26H,6,8H2,1-3H3,(H,25,27). The Morgan fingerprint density at radius 2 is 2.04 bits per heavy atom. The molecular weight excluding hydrogens is 470 g/mol. The quantitative estimate of drug-likeness (QED) is 0.405. The normalized spacial score (nSPS) is 12.5. The van der Waals surface area contributed by atoms with Crippen molar-refractivity contribution in [1.82, 2.24) is 9.97 Å². The zero-order chi connectivity index (χ0) is 19.6. The van der Waals surface area contributed by atoms with Crippen LogP contribution in [0.5, 0.6) is 0 Å². The minimum absolute atomic E-state index is 0.0274. The SMILES string of the molecule is Cc1cc(-c2[nH]c3ccc(NC(=O)C(Br)CCBr)cc3c2C(C)C)ccn1. The van der Waals surface area contributed by atoms with Gasteiger partial charge >= 0.3 is 0 Å². The molecular formula is C21H23Br2N3O. The van der Waals surface area contributed by atoms with Gasteiger partial charge in [0.25, 0.3) is 0 Å². The van der Waals surface area contributed by atoms with Crippen LogP contribution in [0.25, 0.3) is 22.2 Å². The summed E-state index contributed by atoms with van der Waals surface area (Å²) in [5.41, 5.74) is 6.37. The molecule has 6 heteroatoms. The fourth-order valence-electron chi connectivity index (χ4n) is 3.27. The number of nitrogens with zero attached hydrogens (tertiary/aromatic N) is 1. The van der Waals surface area contributed by atoms with E-state index in [1.807, 2.05) is 31.3 Å². The van der Waals surface area contributed by atoms with Gasteiger partial charge < -0.3 is 10.3 Å². The monoisotopic (exact) mass is 491 g/mol. The number of carbonyl (C=O) groups is 1. The fraction of sp³-hybridized carbons (Fsp3) is 0.333. The van der Waals surface area contributed by atoms with E-state index >= 15 is 0 Å². The first-order valence-corrected chi connectivity index (χ1v) is 11.0. The predicted molar refractivity (Wildman–Crippen MR) is 120 cm³/mol. The number of carbonyl (C=O) groups excluding carboxylic acids is 1. The molecule has 0 saturated carbocycles. The first kappa shape index (κ1) is 20.1. The largest absolute Gasteiger partial charge is 0.354 e. The lowest BCUT2D eigenvalue weighted by atomic mass is 9.96. The Labute approximate surface area is 176 Å². The van der Waals surface area contributed by atoms with Gasteiger partial charge in [0.1, 0.15) is 0 Å². The zero-order valence-corrected chi connectivity index (χ0v) is 18.8. The number of pyridine rings is 1. The van der Waals surface area contributed by atoms with Gasteiger partial charge in [-0.05, 0) is 55.2 Å². The van der Waals surface area contributed by atoms with Crippen molar-refractivity contribution in [3.05, 3.63) is 47.8 Å². The lowest BCUT2D eigenvalue weighted by Crippen LogP contribution is -2.23. The maximum Gasteiger partial charge on any atom is 0.238 e. The van der Waals surface area contributed by atoms with Crippen LogP contribution in [0.15, 0.2) is 36.5 Å². The summed E-state index contributed by atoms with van der Waals surface area (Å²) in [6.45, 7) is 6.38. The molecule has 1 unspecified atom stereocenters. The molecule has 2 heterocycles. The highest BCUT2D eigenvalue weighted by Crippen LogP contribution is 2.36. The van der Waals surface area contributed by atoms with Gasteiger partial charge in [0.15, 0.2) is 0 Å². The van der Waals surface area contributed by atoms with E-state index in [9.17, 15) is 4.79 Å². The predicted octanol–water partition coefficient (Wildman–Crippen LogP) is 6.15. The van der Waals surface area contributed by atoms with Gasteiger partial charge in [0, 0.05) is 39.4 Å². The van der Waals surface area contributed by atoms with Gasteiger partial charge in [-0.25, -0.2) is 0 Å². The average Bonchev–Trinajstić information content (AvgIpc) is 3.01. The number of hydrogen-bond donors (Lipinski definition) is 2. The van der Waals surface area contributed by atoms with Gasteiger partial charge in [-0.1, -0.05) is 45.7 Å². The second-order valence-corrected chi connectivity index (χ2v) is 8.85. The summed E-state index contributed by atoms with van der Waals surface area (Å²) in [5, 5.41) is 4.93. The molecule has 0 aliphatic carbocycles. The number of H-pyrrole nitrogens is 1. The Balaban J connectivity index is 2.03. The third-order valence-electron chi connectivity index (χ3n) is 4.52. The van der Waals surface area contributed by atoms with Crippen molar-refractivity contribution in [2.75, 3.05) is 10.6 Å². The van der Waals surface area contributed by atoms with E-state index in [0.717, 1.165) is 45.3 Å². The smallest absolute Gasteiger partial charge is 0.238 e. The van der Waals surface area contributed by atoms with Crippen LogP contribution in [0.1, 0.15) is 37.4 Å². The molecule has 0 fully saturated rings. The Morgan fingerprint density at radius 3 is 2.70 bits per heavy atom. The van der Waals surface area contributed by atoms with Crippen LogP contribution >= 0.6 is 31.9 Å². The summed E-state index contributed by atoms with van der Waals surface area (Å²) in [4.78, 5) is 20.0. The first-order valence-electron chi connectivity index (χ1n) is 9.00. The molecule has 0 aliphatic rings. The van der Waals surface area contributed by atoms with Gasteiger partial charge in [-0.3, -0.25) is 9.78 Å². The van der Waals surface area contributed by atoms with Crippen LogP contribution in [0.2, 0.25) is 0 Å². The van der Waals surface area contributed by atoms with Gasteiger partial charge in [0.2, 0.25) is 5.91 Å². The Bertz CT molecular complexity index is 965. The first-order chi connectivity index (χ1) is 12.9. The molecule has 0 radical (unpaired) electrons. The number of rotatable bonds is 6. The molecule has 0 saturated heterocycles. The number of halogens is 2. The summed E-state index contributed by atoms with van der Waals surface area (Å²) >= 11 is 6.81. The van der Waals surface area contributed by atoms with Crippen molar-refractivity contribution in [2.24, 2.45) is 0 Å². The van der Waals surface area contributed by atoms with E-state index in [0.29, 0.717) is 5.92 Å². The molecule has 0 spiro atoms. The molecule has 0 bridgehead atoms. The Kier molecular flexibility index (Phi) is 6.37. The van der Waals surface area contributed by atoms with Crippen LogP contribution in [0, 0.1) is 6.92 Å². The minimum atomic E-state index is -0.210. The Morgan fingerprint density at radius 1 is 1.26 bits per heavy atom. The van der Waals surface area contributed by atoms with Crippen molar-refractivity contribution in [2.45, 2.75) is 37.9 Å². The van der Waals surface area contributed by atoms with E-state index in [-0.39, 0.29) is 10.7 Å². The summed E-state index contributed by atoms with van der Waals surface area (Å²) in [5.74, 6) is 0.311. The van der Waals surface area contributed by atoms with Crippen molar-refractivity contribution in [3.8, 4) is 11.3 Å². The molecule has 1 amide bonds. The molecule has 1 aromatic carbocycles. The third kappa shape index (κ3) is 4.43. The highest BCUT2D eigenvalue weighted by molar-refractivity contribution is 9.10. The number of aromatic amines is 1. The molecule has 3 rings (SSSR count).